The van der Waals surface area contributed by atoms with E-state index < -0.39 is 0 Å². The van der Waals surface area contributed by atoms with Gasteiger partial charge in [-0.25, -0.2) is 0 Å². The van der Waals surface area contributed by atoms with Gasteiger partial charge >= 0.3 is 0 Å². The van der Waals surface area contributed by atoms with Gasteiger partial charge in [0.15, 0.2) is 0 Å². The third-order valence-electron chi connectivity index (χ3n) is 2.16. The van der Waals surface area contributed by atoms with E-state index in [1.165, 1.54) is 25.1 Å². The predicted octanol–water partition coefficient (Wildman–Crippen LogP) is 1.47. The minimum Gasteiger partial charge on any atom is -0.326 e. The second-order valence-electron chi connectivity index (χ2n) is 3.35. The van der Waals surface area contributed by atoms with E-state index in [-0.39, 0.29) is 0 Å². The van der Waals surface area contributed by atoms with Crippen LogP contribution >= 0.6 is 0 Å². The number of rotatable bonds is 1. The van der Waals surface area contributed by atoms with Gasteiger partial charge in [-0.15, -0.1) is 0 Å². The Bertz CT molecular complexity index is 217. The van der Waals surface area contributed by atoms with Crippen LogP contribution < -0.4 is 5.73 Å². The van der Waals surface area contributed by atoms with E-state index >= 15 is 0 Å². The first-order valence-electron chi connectivity index (χ1n) is 4.75. The van der Waals surface area contributed by atoms with Gasteiger partial charge in [0, 0.05) is 6.54 Å². The summed E-state index contributed by atoms with van der Waals surface area (Å²) in [6.45, 7) is 3.28. The zero-order valence-electron chi connectivity index (χ0n) is 8.24. The smallest absolute Gasteiger partial charge is 0.0178 e. The highest BCUT2D eigenvalue weighted by Crippen LogP contribution is 1.98. The molecule has 0 spiro atoms. The van der Waals surface area contributed by atoms with Crippen molar-refractivity contribution in [2.75, 3.05) is 20.1 Å². The van der Waals surface area contributed by atoms with E-state index in [0.717, 1.165) is 0 Å². The minimum atomic E-state index is 0.640. The molecule has 0 saturated carbocycles. The van der Waals surface area contributed by atoms with Crippen molar-refractivity contribution in [2.45, 2.75) is 13.0 Å². The molecule has 1 fully saturated rings. The molecule has 0 unspecified atom stereocenters. The van der Waals surface area contributed by atoms with Crippen molar-refractivity contribution >= 4 is 0 Å². The lowest BCUT2D eigenvalue weighted by Crippen LogP contribution is -2.32. The Morgan fingerprint density at radius 3 is 2.00 bits per heavy atom. The molecule has 0 atom stereocenters. The van der Waals surface area contributed by atoms with Gasteiger partial charge in [-0.1, -0.05) is 30.3 Å². The number of hydrogen-bond donors (Lipinski definition) is 1. The Morgan fingerprint density at radius 2 is 1.77 bits per heavy atom. The Morgan fingerprint density at radius 1 is 1.23 bits per heavy atom. The summed E-state index contributed by atoms with van der Waals surface area (Å²) >= 11 is 0. The first kappa shape index (κ1) is 10.2. The molecular weight excluding hydrogens is 160 g/mol. The summed E-state index contributed by atoms with van der Waals surface area (Å²) in [6.07, 6.45) is 1.41. The fraction of sp³-hybridized carbons (Fsp3) is 0.455. The summed E-state index contributed by atoms with van der Waals surface area (Å²) in [5.41, 5.74) is 6.54. The standard InChI is InChI=1S/C7H9N.C4H9N/c8-6-7-4-2-1-3-5-7;1-5-3-2-4-5/h1-5H,6,8H2;2-4H2,1H3. The van der Waals surface area contributed by atoms with E-state index in [1.807, 2.05) is 30.3 Å². The number of hydrogen-bond acceptors (Lipinski definition) is 2. The zero-order chi connectivity index (χ0) is 9.52. The highest BCUT2D eigenvalue weighted by atomic mass is 15.1. The van der Waals surface area contributed by atoms with Crippen LogP contribution in [0.4, 0.5) is 0 Å². The Kier molecular flexibility index (Phi) is 4.50. The molecule has 1 aromatic rings. The van der Waals surface area contributed by atoms with Crippen molar-refractivity contribution in [3.8, 4) is 0 Å². The summed E-state index contributed by atoms with van der Waals surface area (Å²) in [6, 6.07) is 9.99. The molecule has 0 aliphatic carbocycles. The van der Waals surface area contributed by atoms with Crippen LogP contribution in [0.5, 0.6) is 0 Å². The maximum Gasteiger partial charge on any atom is 0.0178 e. The first-order valence-corrected chi connectivity index (χ1v) is 4.75. The highest BCUT2D eigenvalue weighted by Gasteiger charge is 2.04. The number of nitrogens with zero attached hydrogens (tertiary/aromatic N) is 1. The maximum atomic E-state index is 5.35. The normalized spacial score (nSPS) is 15.5. The lowest BCUT2D eigenvalue weighted by atomic mass is 10.2. The van der Waals surface area contributed by atoms with Gasteiger partial charge in [0.25, 0.3) is 0 Å². The van der Waals surface area contributed by atoms with Crippen molar-refractivity contribution < 1.29 is 0 Å². The summed E-state index contributed by atoms with van der Waals surface area (Å²) in [5, 5.41) is 0. The average Bonchev–Trinajstić information content (AvgIpc) is 2.17. The van der Waals surface area contributed by atoms with Gasteiger partial charge in [0.05, 0.1) is 0 Å². The monoisotopic (exact) mass is 178 g/mol. The van der Waals surface area contributed by atoms with Gasteiger partial charge in [-0.3, -0.25) is 0 Å². The topological polar surface area (TPSA) is 29.3 Å². The molecule has 0 radical (unpaired) electrons. The van der Waals surface area contributed by atoms with Crippen LogP contribution in [-0.4, -0.2) is 25.0 Å². The molecule has 1 aliphatic heterocycles. The molecule has 1 heterocycles. The van der Waals surface area contributed by atoms with E-state index in [2.05, 4.69) is 11.9 Å². The molecule has 1 saturated heterocycles. The molecule has 1 aromatic carbocycles. The Hall–Kier alpha value is -0.860. The van der Waals surface area contributed by atoms with Crippen LogP contribution in [0.25, 0.3) is 0 Å². The van der Waals surface area contributed by atoms with Gasteiger partial charge < -0.3 is 10.6 Å². The third-order valence-corrected chi connectivity index (χ3v) is 2.16. The molecule has 2 nitrogen and oxygen atoms in total. The first-order chi connectivity index (χ1) is 6.33. The molecule has 0 aromatic heterocycles. The Balaban J connectivity index is 0.000000145. The molecule has 0 amide bonds. The molecule has 13 heavy (non-hydrogen) atoms. The van der Waals surface area contributed by atoms with Gasteiger partial charge in [-0.2, -0.15) is 0 Å². The van der Waals surface area contributed by atoms with E-state index in [9.17, 15) is 0 Å². The third kappa shape index (κ3) is 4.06. The fourth-order valence-corrected chi connectivity index (χ4v) is 1.09. The highest BCUT2D eigenvalue weighted by molar-refractivity contribution is 5.13. The molecule has 2 N–H and O–H groups in total. The van der Waals surface area contributed by atoms with Gasteiger partial charge in [0.2, 0.25) is 0 Å². The molecular formula is C11H18N2. The molecule has 0 bridgehead atoms. The van der Waals surface area contributed by atoms with Gasteiger partial charge in [0.1, 0.15) is 0 Å². The number of nitrogens with two attached hydrogens (primary N) is 1. The minimum absolute atomic E-state index is 0.640. The number of likely N-dealkylation sites (tertiary alicyclic amines) is 1. The van der Waals surface area contributed by atoms with Crippen LogP contribution in [-0.2, 0) is 6.54 Å². The van der Waals surface area contributed by atoms with Crippen LogP contribution in [0.3, 0.4) is 0 Å². The average molecular weight is 178 g/mol. The Labute approximate surface area is 80.4 Å². The van der Waals surface area contributed by atoms with E-state index in [0.29, 0.717) is 6.54 Å². The second-order valence-corrected chi connectivity index (χ2v) is 3.35. The van der Waals surface area contributed by atoms with Crippen LogP contribution in [0.1, 0.15) is 12.0 Å². The fourth-order valence-electron chi connectivity index (χ4n) is 1.09. The largest absolute Gasteiger partial charge is 0.326 e. The lowest BCUT2D eigenvalue weighted by Gasteiger charge is -2.24. The van der Waals surface area contributed by atoms with Crippen molar-refractivity contribution in [3.63, 3.8) is 0 Å². The van der Waals surface area contributed by atoms with Crippen molar-refractivity contribution in [1.29, 1.82) is 0 Å². The van der Waals surface area contributed by atoms with Gasteiger partial charge in [-0.05, 0) is 32.1 Å². The van der Waals surface area contributed by atoms with Crippen molar-refractivity contribution in [2.24, 2.45) is 5.73 Å². The SMILES string of the molecule is CN1CCC1.NCc1ccccc1. The number of benzene rings is 1. The molecule has 2 rings (SSSR count). The van der Waals surface area contributed by atoms with Crippen LogP contribution in [0, 0.1) is 0 Å². The quantitative estimate of drug-likeness (QED) is 0.705. The van der Waals surface area contributed by atoms with Crippen molar-refractivity contribution in [1.82, 2.24) is 4.90 Å². The molecule has 2 heteroatoms. The predicted molar refractivity (Wildman–Crippen MR) is 56.4 cm³/mol. The summed E-state index contributed by atoms with van der Waals surface area (Å²) in [5.74, 6) is 0. The lowest BCUT2D eigenvalue weighted by molar-refractivity contribution is 0.229. The molecule has 1 aliphatic rings. The maximum absolute atomic E-state index is 5.35. The summed E-state index contributed by atoms with van der Waals surface area (Å²) in [7, 11) is 2.14. The summed E-state index contributed by atoms with van der Waals surface area (Å²) < 4.78 is 0. The van der Waals surface area contributed by atoms with Crippen molar-refractivity contribution in [3.05, 3.63) is 35.9 Å². The van der Waals surface area contributed by atoms with E-state index in [4.69, 9.17) is 5.73 Å². The van der Waals surface area contributed by atoms with Crippen LogP contribution in [0.2, 0.25) is 0 Å². The second kappa shape index (κ2) is 5.73. The van der Waals surface area contributed by atoms with Crippen LogP contribution in [0.15, 0.2) is 30.3 Å². The van der Waals surface area contributed by atoms with E-state index in [1.54, 1.807) is 0 Å². The summed E-state index contributed by atoms with van der Waals surface area (Å²) in [4.78, 5) is 2.31. The molecule has 72 valence electrons. The zero-order valence-corrected chi connectivity index (χ0v) is 8.24.